The molecule has 2 aromatic rings. The first-order valence-electron chi connectivity index (χ1n) is 8.48. The zero-order valence-electron chi connectivity index (χ0n) is 14.8. The van der Waals surface area contributed by atoms with Crippen LogP contribution in [0, 0.1) is 0 Å². The zero-order chi connectivity index (χ0) is 18.0. The van der Waals surface area contributed by atoms with Crippen LogP contribution in [0.5, 0.6) is 0 Å². The molecule has 0 spiro atoms. The average molecular weight is 360 g/mol. The molecule has 1 fully saturated rings. The van der Waals surface area contributed by atoms with Gasteiger partial charge in [-0.25, -0.2) is 13.4 Å². The Morgan fingerprint density at radius 1 is 1.24 bits per heavy atom. The number of para-hydroxylation sites is 1. The van der Waals surface area contributed by atoms with Crippen LogP contribution >= 0.6 is 0 Å². The molecule has 0 aliphatic carbocycles. The number of anilines is 3. The predicted octanol–water partition coefficient (Wildman–Crippen LogP) is 2.97. The SMILES string of the molecule is CC(C)c1ccccc1Nc1nccc(N(C)C2CCS(=O)(=O)C2)n1. The molecule has 2 heterocycles. The summed E-state index contributed by atoms with van der Waals surface area (Å²) in [4.78, 5) is 10.8. The zero-order valence-corrected chi connectivity index (χ0v) is 15.6. The predicted molar refractivity (Wildman–Crippen MR) is 101 cm³/mol. The van der Waals surface area contributed by atoms with Crippen molar-refractivity contribution in [2.24, 2.45) is 0 Å². The molecule has 0 radical (unpaired) electrons. The van der Waals surface area contributed by atoms with Gasteiger partial charge in [-0.2, -0.15) is 4.98 Å². The summed E-state index contributed by atoms with van der Waals surface area (Å²) in [6, 6.07) is 9.88. The third kappa shape index (κ3) is 4.10. The van der Waals surface area contributed by atoms with Gasteiger partial charge in [0.25, 0.3) is 0 Å². The number of benzene rings is 1. The normalized spacial score (nSPS) is 19.1. The van der Waals surface area contributed by atoms with E-state index in [0.29, 0.717) is 18.3 Å². The number of nitrogens with one attached hydrogen (secondary N) is 1. The molecule has 1 aliphatic rings. The van der Waals surface area contributed by atoms with Gasteiger partial charge in [-0.15, -0.1) is 0 Å². The van der Waals surface area contributed by atoms with Crippen molar-refractivity contribution in [3.63, 3.8) is 0 Å². The number of rotatable bonds is 5. The van der Waals surface area contributed by atoms with E-state index in [4.69, 9.17) is 0 Å². The van der Waals surface area contributed by atoms with Crippen LogP contribution in [0.2, 0.25) is 0 Å². The van der Waals surface area contributed by atoms with Gasteiger partial charge in [0.1, 0.15) is 5.82 Å². The molecule has 1 aromatic carbocycles. The van der Waals surface area contributed by atoms with Crippen molar-refractivity contribution >= 4 is 27.3 Å². The lowest BCUT2D eigenvalue weighted by Gasteiger charge is -2.24. The van der Waals surface area contributed by atoms with Crippen molar-refractivity contribution in [3.05, 3.63) is 42.1 Å². The maximum absolute atomic E-state index is 11.7. The lowest BCUT2D eigenvalue weighted by Crippen LogP contribution is -2.33. The van der Waals surface area contributed by atoms with Crippen molar-refractivity contribution in [3.8, 4) is 0 Å². The summed E-state index contributed by atoms with van der Waals surface area (Å²) in [5.74, 6) is 2.06. The summed E-state index contributed by atoms with van der Waals surface area (Å²) in [5.41, 5.74) is 2.19. The van der Waals surface area contributed by atoms with Gasteiger partial charge in [0, 0.05) is 25.0 Å². The number of aromatic nitrogens is 2. The minimum absolute atomic E-state index is 0.0318. The smallest absolute Gasteiger partial charge is 0.229 e. The Kier molecular flexibility index (Phi) is 4.94. The van der Waals surface area contributed by atoms with E-state index in [1.807, 2.05) is 36.2 Å². The van der Waals surface area contributed by atoms with Gasteiger partial charge in [0.15, 0.2) is 9.84 Å². The Bertz CT molecular complexity index is 852. The Morgan fingerprint density at radius 3 is 2.68 bits per heavy atom. The summed E-state index contributed by atoms with van der Waals surface area (Å²) in [6.07, 6.45) is 2.34. The Morgan fingerprint density at radius 2 is 2.00 bits per heavy atom. The maximum atomic E-state index is 11.7. The van der Waals surface area contributed by atoms with Crippen LogP contribution in [-0.4, -0.2) is 43.0 Å². The highest BCUT2D eigenvalue weighted by molar-refractivity contribution is 7.91. The Hall–Kier alpha value is -2.15. The molecule has 1 unspecified atom stereocenters. The van der Waals surface area contributed by atoms with Gasteiger partial charge in [-0.05, 0) is 30.0 Å². The fourth-order valence-corrected chi connectivity index (χ4v) is 4.88. The van der Waals surface area contributed by atoms with Gasteiger partial charge in [-0.3, -0.25) is 0 Å². The van der Waals surface area contributed by atoms with E-state index < -0.39 is 9.84 Å². The molecule has 1 aromatic heterocycles. The minimum Gasteiger partial charge on any atom is -0.355 e. The molecule has 0 saturated carbocycles. The van der Waals surface area contributed by atoms with Crippen LogP contribution < -0.4 is 10.2 Å². The summed E-state index contributed by atoms with van der Waals surface area (Å²) < 4.78 is 23.4. The summed E-state index contributed by atoms with van der Waals surface area (Å²) in [6.45, 7) is 4.29. The topological polar surface area (TPSA) is 75.2 Å². The van der Waals surface area contributed by atoms with E-state index >= 15 is 0 Å². The standard InChI is InChI=1S/C18H24N4O2S/c1-13(2)15-6-4-5-7-16(15)20-18-19-10-8-17(21-18)22(3)14-9-11-25(23,24)12-14/h4-8,10,13-14H,9,11-12H2,1-3H3,(H,19,20,21). The number of sulfone groups is 1. The molecule has 1 saturated heterocycles. The monoisotopic (exact) mass is 360 g/mol. The highest BCUT2D eigenvalue weighted by Crippen LogP contribution is 2.27. The summed E-state index contributed by atoms with van der Waals surface area (Å²) in [5, 5.41) is 3.29. The first kappa shape index (κ1) is 17.7. The molecule has 7 heteroatoms. The van der Waals surface area contributed by atoms with Gasteiger partial charge in [0.2, 0.25) is 5.95 Å². The lowest BCUT2D eigenvalue weighted by atomic mass is 10.0. The summed E-state index contributed by atoms with van der Waals surface area (Å²) in [7, 11) is -1.03. The molecule has 1 atom stereocenters. The molecule has 0 amide bonds. The number of hydrogen-bond acceptors (Lipinski definition) is 6. The average Bonchev–Trinajstić information content (AvgIpc) is 2.95. The minimum atomic E-state index is -2.92. The van der Waals surface area contributed by atoms with E-state index in [-0.39, 0.29) is 17.5 Å². The quantitative estimate of drug-likeness (QED) is 0.883. The van der Waals surface area contributed by atoms with Crippen LogP contribution in [0.15, 0.2) is 36.5 Å². The fourth-order valence-electron chi connectivity index (χ4n) is 3.11. The van der Waals surface area contributed by atoms with Gasteiger partial charge < -0.3 is 10.2 Å². The fraction of sp³-hybridized carbons (Fsp3) is 0.444. The van der Waals surface area contributed by atoms with Crippen molar-refractivity contribution in [1.82, 2.24) is 9.97 Å². The first-order valence-corrected chi connectivity index (χ1v) is 10.3. The van der Waals surface area contributed by atoms with Gasteiger partial charge in [-0.1, -0.05) is 32.0 Å². The Labute approximate surface area is 149 Å². The van der Waals surface area contributed by atoms with Gasteiger partial charge in [0.05, 0.1) is 11.5 Å². The summed E-state index contributed by atoms with van der Waals surface area (Å²) >= 11 is 0. The molecule has 1 N–H and O–H groups in total. The highest BCUT2D eigenvalue weighted by Gasteiger charge is 2.31. The molecule has 134 valence electrons. The van der Waals surface area contributed by atoms with Crippen molar-refractivity contribution in [1.29, 1.82) is 0 Å². The van der Waals surface area contributed by atoms with Crippen molar-refractivity contribution in [2.45, 2.75) is 32.2 Å². The third-order valence-electron chi connectivity index (χ3n) is 4.59. The molecule has 0 bridgehead atoms. The van der Waals surface area contributed by atoms with E-state index in [1.54, 1.807) is 6.20 Å². The van der Waals surface area contributed by atoms with Crippen LogP contribution in [-0.2, 0) is 9.84 Å². The Balaban J connectivity index is 1.81. The molecular weight excluding hydrogens is 336 g/mol. The molecule has 25 heavy (non-hydrogen) atoms. The van der Waals surface area contributed by atoms with E-state index in [9.17, 15) is 8.42 Å². The second-order valence-corrected chi connectivity index (χ2v) is 9.00. The number of nitrogens with zero attached hydrogens (tertiary/aromatic N) is 3. The van der Waals surface area contributed by atoms with Crippen LogP contribution in [0.1, 0.15) is 31.7 Å². The second kappa shape index (κ2) is 7.00. The lowest BCUT2D eigenvalue weighted by molar-refractivity contribution is 0.600. The van der Waals surface area contributed by atoms with Crippen LogP contribution in [0.4, 0.5) is 17.5 Å². The number of hydrogen-bond donors (Lipinski definition) is 1. The van der Waals surface area contributed by atoms with E-state index in [2.05, 4.69) is 35.2 Å². The first-order chi connectivity index (χ1) is 11.9. The van der Waals surface area contributed by atoms with Crippen LogP contribution in [0.25, 0.3) is 0 Å². The molecule has 6 nitrogen and oxygen atoms in total. The largest absolute Gasteiger partial charge is 0.355 e. The van der Waals surface area contributed by atoms with Gasteiger partial charge >= 0.3 is 0 Å². The van der Waals surface area contributed by atoms with Crippen molar-refractivity contribution < 1.29 is 8.42 Å². The molecule has 3 rings (SSSR count). The van der Waals surface area contributed by atoms with E-state index in [1.165, 1.54) is 5.56 Å². The third-order valence-corrected chi connectivity index (χ3v) is 6.34. The maximum Gasteiger partial charge on any atom is 0.229 e. The molecular formula is C18H24N4O2S. The molecule has 1 aliphatic heterocycles. The van der Waals surface area contributed by atoms with Crippen molar-refractivity contribution in [2.75, 3.05) is 28.8 Å². The second-order valence-electron chi connectivity index (χ2n) is 6.77. The van der Waals surface area contributed by atoms with Crippen LogP contribution in [0.3, 0.4) is 0 Å². The van der Waals surface area contributed by atoms with E-state index in [0.717, 1.165) is 11.5 Å². The highest BCUT2D eigenvalue weighted by atomic mass is 32.2.